The van der Waals surface area contributed by atoms with Gasteiger partial charge < -0.3 is 9.53 Å². The van der Waals surface area contributed by atoms with Crippen LogP contribution in [0.5, 0.6) is 5.75 Å². The molecule has 27 heavy (non-hydrogen) atoms. The van der Waals surface area contributed by atoms with Crippen LogP contribution in [0.4, 0.5) is 8.78 Å². The highest BCUT2D eigenvalue weighted by Crippen LogP contribution is 2.32. The number of benzene rings is 1. The van der Waals surface area contributed by atoms with Crippen LogP contribution in [0.1, 0.15) is 76.7 Å². The highest BCUT2D eigenvalue weighted by Gasteiger charge is 2.19. The molecule has 0 unspecified atom stereocenters. The molecule has 4 heteroatoms. The highest BCUT2D eigenvalue weighted by molar-refractivity contribution is 5.48. The van der Waals surface area contributed by atoms with E-state index in [-0.39, 0.29) is 17.2 Å². The fourth-order valence-electron chi connectivity index (χ4n) is 3.68. The van der Waals surface area contributed by atoms with Crippen LogP contribution in [-0.2, 0) is 4.79 Å². The predicted molar refractivity (Wildman–Crippen MR) is 104 cm³/mol. The molecule has 0 N–H and O–H groups in total. The van der Waals surface area contributed by atoms with Crippen molar-refractivity contribution in [1.82, 2.24) is 0 Å². The number of unbranched alkanes of at least 4 members (excludes halogenated alkanes) is 4. The Balaban J connectivity index is 1.76. The summed E-state index contributed by atoms with van der Waals surface area (Å²) in [6.45, 7) is 2.03. The number of carbonyl (C=O) groups is 1. The molecule has 1 fully saturated rings. The molecule has 2 nitrogen and oxygen atoms in total. The first-order chi connectivity index (χ1) is 13.2. The SMILES string of the molecule is CCOc1ccc(C#CC2CCC(CCCCCCC=O)CC2)c(F)c1F. The van der Waals surface area contributed by atoms with Crippen molar-refractivity contribution in [3.8, 4) is 17.6 Å². The average molecular weight is 376 g/mol. The van der Waals surface area contributed by atoms with Crippen molar-refractivity contribution in [2.24, 2.45) is 11.8 Å². The third-order valence-corrected chi connectivity index (χ3v) is 5.29. The predicted octanol–water partition coefficient (Wildman–Crippen LogP) is 6.06. The lowest BCUT2D eigenvalue weighted by Crippen LogP contribution is -2.13. The monoisotopic (exact) mass is 376 g/mol. The molecule has 1 aliphatic carbocycles. The highest BCUT2D eigenvalue weighted by atomic mass is 19.2. The van der Waals surface area contributed by atoms with Gasteiger partial charge in [-0.2, -0.15) is 4.39 Å². The summed E-state index contributed by atoms with van der Waals surface area (Å²) < 4.78 is 33.0. The van der Waals surface area contributed by atoms with Crippen LogP contribution in [0.3, 0.4) is 0 Å². The summed E-state index contributed by atoms with van der Waals surface area (Å²) in [6.07, 6.45) is 11.9. The molecule has 0 saturated heterocycles. The lowest BCUT2D eigenvalue weighted by Gasteiger charge is -2.25. The van der Waals surface area contributed by atoms with Gasteiger partial charge in [-0.25, -0.2) is 4.39 Å². The second-order valence-corrected chi connectivity index (χ2v) is 7.32. The van der Waals surface area contributed by atoms with E-state index in [1.807, 2.05) is 0 Å². The molecule has 0 aromatic heterocycles. The van der Waals surface area contributed by atoms with E-state index >= 15 is 0 Å². The van der Waals surface area contributed by atoms with E-state index in [1.165, 1.54) is 31.4 Å². The van der Waals surface area contributed by atoms with Crippen molar-refractivity contribution in [1.29, 1.82) is 0 Å². The lowest BCUT2D eigenvalue weighted by atomic mass is 9.80. The summed E-state index contributed by atoms with van der Waals surface area (Å²) in [5.74, 6) is 5.05. The van der Waals surface area contributed by atoms with E-state index in [0.29, 0.717) is 13.0 Å². The van der Waals surface area contributed by atoms with E-state index in [0.717, 1.165) is 50.7 Å². The van der Waals surface area contributed by atoms with Gasteiger partial charge in [-0.05, 0) is 57.1 Å². The minimum atomic E-state index is -0.958. The van der Waals surface area contributed by atoms with E-state index in [1.54, 1.807) is 6.92 Å². The first kappa shape index (κ1) is 21.4. The molecule has 1 aromatic rings. The van der Waals surface area contributed by atoms with E-state index in [2.05, 4.69) is 11.8 Å². The number of aldehydes is 1. The Morgan fingerprint density at radius 2 is 1.81 bits per heavy atom. The maximum Gasteiger partial charge on any atom is 0.201 e. The Bertz CT molecular complexity index is 652. The van der Waals surface area contributed by atoms with Crippen molar-refractivity contribution in [3.63, 3.8) is 0 Å². The zero-order valence-corrected chi connectivity index (χ0v) is 16.2. The fourth-order valence-corrected chi connectivity index (χ4v) is 3.68. The third-order valence-electron chi connectivity index (χ3n) is 5.29. The molecule has 0 aliphatic heterocycles. The normalized spacial score (nSPS) is 19.2. The minimum absolute atomic E-state index is 0.0628. The van der Waals surface area contributed by atoms with Gasteiger partial charge in [-0.15, -0.1) is 0 Å². The van der Waals surface area contributed by atoms with Crippen molar-refractivity contribution < 1.29 is 18.3 Å². The Hall–Kier alpha value is -1.89. The smallest absolute Gasteiger partial charge is 0.201 e. The molecule has 1 saturated carbocycles. The van der Waals surface area contributed by atoms with Gasteiger partial charge in [-0.1, -0.05) is 37.5 Å². The zero-order chi connectivity index (χ0) is 19.5. The average Bonchev–Trinajstić information content (AvgIpc) is 2.69. The topological polar surface area (TPSA) is 26.3 Å². The zero-order valence-electron chi connectivity index (χ0n) is 16.2. The van der Waals surface area contributed by atoms with Crippen molar-refractivity contribution >= 4 is 6.29 Å². The van der Waals surface area contributed by atoms with Crippen LogP contribution >= 0.6 is 0 Å². The number of hydrogen-bond acceptors (Lipinski definition) is 2. The van der Waals surface area contributed by atoms with E-state index < -0.39 is 11.6 Å². The molecule has 0 amide bonds. The fraction of sp³-hybridized carbons (Fsp3) is 0.609. The van der Waals surface area contributed by atoms with Crippen LogP contribution < -0.4 is 4.74 Å². The van der Waals surface area contributed by atoms with Crippen molar-refractivity contribution in [2.45, 2.75) is 71.1 Å². The van der Waals surface area contributed by atoms with Gasteiger partial charge in [-0.3, -0.25) is 0 Å². The van der Waals surface area contributed by atoms with Crippen LogP contribution in [0.2, 0.25) is 0 Å². The molecular weight excluding hydrogens is 346 g/mol. The maximum absolute atomic E-state index is 14.1. The summed E-state index contributed by atoms with van der Waals surface area (Å²) in [6, 6.07) is 2.94. The summed E-state index contributed by atoms with van der Waals surface area (Å²) in [7, 11) is 0. The molecule has 0 spiro atoms. The van der Waals surface area contributed by atoms with Gasteiger partial charge in [0, 0.05) is 12.3 Å². The van der Waals surface area contributed by atoms with Gasteiger partial charge in [0.05, 0.1) is 12.2 Å². The molecule has 1 aliphatic rings. The van der Waals surface area contributed by atoms with E-state index in [9.17, 15) is 13.6 Å². The second-order valence-electron chi connectivity index (χ2n) is 7.32. The molecule has 148 valence electrons. The van der Waals surface area contributed by atoms with Crippen LogP contribution in [0.15, 0.2) is 12.1 Å². The maximum atomic E-state index is 14.1. The summed E-state index contributed by atoms with van der Waals surface area (Å²) in [4.78, 5) is 10.3. The number of ether oxygens (including phenoxy) is 1. The van der Waals surface area contributed by atoms with Crippen LogP contribution in [0, 0.1) is 35.3 Å². The van der Waals surface area contributed by atoms with Gasteiger partial charge in [0.1, 0.15) is 6.29 Å². The largest absolute Gasteiger partial charge is 0.491 e. The van der Waals surface area contributed by atoms with Gasteiger partial charge in [0.25, 0.3) is 0 Å². The van der Waals surface area contributed by atoms with Crippen molar-refractivity contribution in [2.75, 3.05) is 6.61 Å². The number of carbonyl (C=O) groups excluding carboxylic acids is 1. The van der Waals surface area contributed by atoms with Gasteiger partial charge in [0.15, 0.2) is 11.6 Å². The standard InChI is InChI=1S/C23H30F2O2/c1-2-27-21-16-15-20(22(24)23(21)25)14-13-19-11-9-18(10-12-19)8-6-4-3-5-7-17-26/h15-19H,2-12H2,1H3. The first-order valence-electron chi connectivity index (χ1n) is 10.2. The lowest BCUT2D eigenvalue weighted by molar-refractivity contribution is -0.107. The summed E-state index contributed by atoms with van der Waals surface area (Å²) >= 11 is 0. The minimum Gasteiger partial charge on any atom is -0.491 e. The van der Waals surface area contributed by atoms with Crippen LogP contribution in [-0.4, -0.2) is 12.9 Å². The number of rotatable bonds is 9. The Morgan fingerprint density at radius 1 is 1.07 bits per heavy atom. The van der Waals surface area contributed by atoms with E-state index in [4.69, 9.17) is 4.74 Å². The molecule has 0 radical (unpaired) electrons. The summed E-state index contributed by atoms with van der Waals surface area (Å²) in [5, 5.41) is 0. The Kier molecular flexibility index (Phi) is 9.31. The summed E-state index contributed by atoms with van der Waals surface area (Å²) in [5.41, 5.74) is 0.105. The molecule has 0 atom stereocenters. The molecule has 1 aromatic carbocycles. The number of halogens is 2. The third kappa shape index (κ3) is 6.97. The Labute approximate surface area is 161 Å². The van der Waals surface area contributed by atoms with Crippen LogP contribution in [0.25, 0.3) is 0 Å². The Morgan fingerprint density at radius 3 is 2.52 bits per heavy atom. The number of hydrogen-bond donors (Lipinski definition) is 0. The molecule has 0 heterocycles. The van der Waals surface area contributed by atoms with Gasteiger partial charge in [0.2, 0.25) is 5.82 Å². The second kappa shape index (κ2) is 11.7. The molecule has 2 rings (SSSR count). The van der Waals surface area contributed by atoms with Gasteiger partial charge >= 0.3 is 0 Å². The molecule has 0 bridgehead atoms. The van der Waals surface area contributed by atoms with Crippen molar-refractivity contribution in [3.05, 3.63) is 29.3 Å². The first-order valence-corrected chi connectivity index (χ1v) is 10.2. The quantitative estimate of drug-likeness (QED) is 0.297. The molecular formula is C23H30F2O2.